The van der Waals surface area contributed by atoms with Crippen molar-refractivity contribution < 1.29 is 0 Å². The summed E-state index contributed by atoms with van der Waals surface area (Å²) in [5.74, 6) is 1.21. The molecular formula is C9H14N2S2. The van der Waals surface area contributed by atoms with E-state index in [1.807, 2.05) is 23.3 Å². The number of thioether (sulfide) groups is 1. The van der Waals surface area contributed by atoms with E-state index in [1.54, 1.807) is 11.3 Å². The maximum Gasteiger partial charge on any atom is 0.149 e. The third-order valence-corrected chi connectivity index (χ3v) is 4.86. The Hall–Kier alpha value is -0.0600. The van der Waals surface area contributed by atoms with Gasteiger partial charge in [-0.05, 0) is 31.2 Å². The van der Waals surface area contributed by atoms with Crippen LogP contribution >= 0.6 is 23.1 Å². The summed E-state index contributed by atoms with van der Waals surface area (Å²) in [5, 5.41) is 2.03. The van der Waals surface area contributed by atoms with Crippen molar-refractivity contribution in [2.24, 2.45) is 11.1 Å². The second kappa shape index (κ2) is 3.98. The minimum Gasteiger partial charge on any atom is -0.330 e. The summed E-state index contributed by atoms with van der Waals surface area (Å²) in [4.78, 5) is 4.26. The molecule has 0 aliphatic heterocycles. The van der Waals surface area contributed by atoms with E-state index in [0.29, 0.717) is 5.41 Å². The van der Waals surface area contributed by atoms with Crippen LogP contribution in [-0.4, -0.2) is 17.3 Å². The molecule has 13 heavy (non-hydrogen) atoms. The fraction of sp³-hybridized carbons (Fsp3) is 0.667. The highest BCUT2D eigenvalue weighted by molar-refractivity contribution is 8.01. The predicted octanol–water partition coefficient (Wildman–Crippen LogP) is 2.36. The standard InChI is InChI=1S/C9H14N2S2/c10-4-3-9(1-2-9)7-13-8-11-5-6-12-8/h5-6H,1-4,7,10H2. The highest BCUT2D eigenvalue weighted by atomic mass is 32.2. The second-order valence-electron chi connectivity index (χ2n) is 3.63. The van der Waals surface area contributed by atoms with Crippen molar-refractivity contribution in [2.75, 3.05) is 12.3 Å². The summed E-state index contributed by atoms with van der Waals surface area (Å²) in [6.07, 6.45) is 5.78. The highest BCUT2D eigenvalue weighted by Gasteiger charge is 2.41. The first kappa shape index (κ1) is 9.49. The summed E-state index contributed by atoms with van der Waals surface area (Å²) >= 11 is 3.62. The number of hydrogen-bond acceptors (Lipinski definition) is 4. The highest BCUT2D eigenvalue weighted by Crippen LogP contribution is 2.51. The first-order chi connectivity index (χ1) is 6.35. The molecule has 0 unspecified atom stereocenters. The molecule has 0 bridgehead atoms. The van der Waals surface area contributed by atoms with Gasteiger partial charge >= 0.3 is 0 Å². The molecular weight excluding hydrogens is 200 g/mol. The SMILES string of the molecule is NCCC1(CSc2nccs2)CC1. The Morgan fingerprint density at radius 3 is 3.00 bits per heavy atom. The molecule has 0 spiro atoms. The van der Waals surface area contributed by atoms with Crippen LogP contribution in [-0.2, 0) is 0 Å². The second-order valence-corrected chi connectivity index (χ2v) is 5.74. The quantitative estimate of drug-likeness (QED) is 0.765. The molecule has 0 amide bonds. The lowest BCUT2D eigenvalue weighted by atomic mass is 10.1. The average molecular weight is 214 g/mol. The fourth-order valence-electron chi connectivity index (χ4n) is 1.45. The van der Waals surface area contributed by atoms with Crippen LogP contribution in [0.4, 0.5) is 0 Å². The van der Waals surface area contributed by atoms with E-state index >= 15 is 0 Å². The molecule has 2 N–H and O–H groups in total. The number of thiazole rings is 1. The molecule has 0 saturated heterocycles. The lowest BCUT2D eigenvalue weighted by molar-refractivity contribution is 0.537. The molecule has 2 rings (SSSR count). The Labute approximate surface area is 86.9 Å². The minimum atomic E-state index is 0.574. The smallest absolute Gasteiger partial charge is 0.149 e. The number of nitrogens with zero attached hydrogens (tertiary/aromatic N) is 1. The maximum absolute atomic E-state index is 5.58. The molecule has 1 fully saturated rings. The Morgan fingerprint density at radius 2 is 2.46 bits per heavy atom. The Morgan fingerprint density at radius 1 is 1.62 bits per heavy atom. The summed E-state index contributed by atoms with van der Waals surface area (Å²) in [6.45, 7) is 0.832. The van der Waals surface area contributed by atoms with Gasteiger partial charge in [-0.1, -0.05) is 11.8 Å². The van der Waals surface area contributed by atoms with Crippen molar-refractivity contribution in [1.82, 2.24) is 4.98 Å². The number of rotatable bonds is 5. The monoisotopic (exact) mass is 214 g/mol. The lowest BCUT2D eigenvalue weighted by Crippen LogP contribution is -2.11. The minimum absolute atomic E-state index is 0.574. The topological polar surface area (TPSA) is 38.9 Å². The molecule has 1 aromatic rings. The summed E-state index contributed by atoms with van der Waals surface area (Å²) in [5.41, 5.74) is 6.16. The van der Waals surface area contributed by atoms with Crippen LogP contribution in [0, 0.1) is 5.41 Å². The lowest BCUT2D eigenvalue weighted by Gasteiger charge is -2.11. The van der Waals surface area contributed by atoms with E-state index in [1.165, 1.54) is 29.4 Å². The number of aromatic nitrogens is 1. The zero-order valence-electron chi connectivity index (χ0n) is 7.53. The summed E-state index contributed by atoms with van der Waals surface area (Å²) < 4.78 is 1.20. The molecule has 0 radical (unpaired) electrons. The molecule has 1 aliphatic rings. The third kappa shape index (κ3) is 2.45. The van der Waals surface area contributed by atoms with Crippen molar-refractivity contribution in [1.29, 1.82) is 0 Å². The zero-order valence-corrected chi connectivity index (χ0v) is 9.16. The van der Waals surface area contributed by atoms with Gasteiger partial charge in [0.1, 0.15) is 4.34 Å². The maximum atomic E-state index is 5.58. The van der Waals surface area contributed by atoms with Crippen molar-refractivity contribution in [3.63, 3.8) is 0 Å². The molecule has 1 aliphatic carbocycles. The van der Waals surface area contributed by atoms with Crippen LogP contribution in [0.2, 0.25) is 0 Å². The Bertz CT molecular complexity index is 255. The number of nitrogens with two attached hydrogens (primary N) is 1. The normalized spacial score (nSPS) is 18.8. The Balaban J connectivity index is 1.79. The fourth-order valence-corrected chi connectivity index (χ4v) is 3.42. The van der Waals surface area contributed by atoms with E-state index in [9.17, 15) is 0 Å². The molecule has 0 aromatic carbocycles. The van der Waals surface area contributed by atoms with E-state index in [0.717, 1.165) is 6.54 Å². The van der Waals surface area contributed by atoms with Gasteiger partial charge in [-0.2, -0.15) is 0 Å². The largest absolute Gasteiger partial charge is 0.330 e. The van der Waals surface area contributed by atoms with E-state index in [2.05, 4.69) is 4.98 Å². The first-order valence-corrected chi connectivity index (χ1v) is 6.44. The van der Waals surface area contributed by atoms with Crippen molar-refractivity contribution in [2.45, 2.75) is 23.6 Å². The van der Waals surface area contributed by atoms with Gasteiger partial charge in [-0.25, -0.2) is 4.98 Å². The van der Waals surface area contributed by atoms with Crippen LogP contribution in [0.3, 0.4) is 0 Å². The summed E-state index contributed by atoms with van der Waals surface area (Å²) in [7, 11) is 0. The van der Waals surface area contributed by atoms with Gasteiger partial charge in [-0.3, -0.25) is 0 Å². The van der Waals surface area contributed by atoms with Crippen LogP contribution in [0.15, 0.2) is 15.9 Å². The molecule has 1 heterocycles. The average Bonchev–Trinajstić information content (AvgIpc) is 2.71. The van der Waals surface area contributed by atoms with Crippen molar-refractivity contribution in [3.8, 4) is 0 Å². The Kier molecular flexibility index (Phi) is 2.91. The zero-order chi connectivity index (χ0) is 9.15. The summed E-state index contributed by atoms with van der Waals surface area (Å²) in [6, 6.07) is 0. The first-order valence-electron chi connectivity index (χ1n) is 4.57. The van der Waals surface area contributed by atoms with Gasteiger partial charge in [0.15, 0.2) is 0 Å². The van der Waals surface area contributed by atoms with Crippen LogP contribution in [0.25, 0.3) is 0 Å². The van der Waals surface area contributed by atoms with E-state index < -0.39 is 0 Å². The molecule has 4 heteroatoms. The van der Waals surface area contributed by atoms with E-state index in [4.69, 9.17) is 5.73 Å². The number of hydrogen-bond donors (Lipinski definition) is 1. The van der Waals surface area contributed by atoms with Gasteiger partial charge in [0, 0.05) is 17.3 Å². The van der Waals surface area contributed by atoms with Gasteiger partial charge in [0.25, 0.3) is 0 Å². The van der Waals surface area contributed by atoms with Crippen LogP contribution < -0.4 is 5.73 Å². The molecule has 1 aromatic heterocycles. The van der Waals surface area contributed by atoms with Crippen molar-refractivity contribution >= 4 is 23.1 Å². The van der Waals surface area contributed by atoms with Gasteiger partial charge in [-0.15, -0.1) is 11.3 Å². The van der Waals surface area contributed by atoms with Gasteiger partial charge in [0.05, 0.1) is 0 Å². The van der Waals surface area contributed by atoms with Gasteiger partial charge in [0.2, 0.25) is 0 Å². The van der Waals surface area contributed by atoms with Crippen LogP contribution in [0.5, 0.6) is 0 Å². The third-order valence-electron chi connectivity index (χ3n) is 2.54. The van der Waals surface area contributed by atoms with E-state index in [-0.39, 0.29) is 0 Å². The molecule has 0 atom stereocenters. The van der Waals surface area contributed by atoms with Crippen molar-refractivity contribution in [3.05, 3.63) is 11.6 Å². The molecule has 2 nitrogen and oxygen atoms in total. The predicted molar refractivity (Wildman–Crippen MR) is 58.2 cm³/mol. The molecule has 1 saturated carbocycles. The van der Waals surface area contributed by atoms with Crippen LogP contribution in [0.1, 0.15) is 19.3 Å². The van der Waals surface area contributed by atoms with Gasteiger partial charge < -0.3 is 5.73 Å². The molecule has 72 valence electrons.